The molecule has 11 heteroatoms. The number of hydrazine groups is 1. The summed E-state index contributed by atoms with van der Waals surface area (Å²) in [5, 5.41) is 5.12. The van der Waals surface area contributed by atoms with Crippen LogP contribution in [0.5, 0.6) is 0 Å². The van der Waals surface area contributed by atoms with Gasteiger partial charge in [0.25, 0.3) is 5.91 Å². The van der Waals surface area contributed by atoms with E-state index in [4.69, 9.17) is 11.6 Å². The fourth-order valence-electron chi connectivity index (χ4n) is 2.22. The molecular formula is C15H18ClF4N5O. The van der Waals surface area contributed by atoms with Gasteiger partial charge >= 0.3 is 6.18 Å². The number of carbonyl (C=O) groups is 1. The van der Waals surface area contributed by atoms with Gasteiger partial charge in [-0.05, 0) is 31.5 Å². The van der Waals surface area contributed by atoms with Crippen LogP contribution in [0.4, 0.5) is 17.6 Å². The molecule has 0 spiro atoms. The van der Waals surface area contributed by atoms with Crippen LogP contribution in [0.25, 0.3) is 0 Å². The van der Waals surface area contributed by atoms with Crippen LogP contribution in [-0.2, 0) is 0 Å². The van der Waals surface area contributed by atoms with E-state index in [1.807, 2.05) is 6.92 Å². The number of aliphatic imine (C=N–C) groups is 1. The Morgan fingerprint density at radius 3 is 2.69 bits per heavy atom. The number of hydrogen-bond acceptors (Lipinski definition) is 3. The molecular weight excluding hydrogens is 378 g/mol. The highest BCUT2D eigenvalue weighted by Crippen LogP contribution is 2.18. The Bertz CT molecular complexity index is 682. The van der Waals surface area contributed by atoms with E-state index in [1.54, 1.807) is 0 Å². The predicted octanol–water partition coefficient (Wildman–Crippen LogP) is 2.32. The fraction of sp³-hybridized carbons (Fsp3) is 0.467. The Hall–Kier alpha value is -1.91. The zero-order valence-corrected chi connectivity index (χ0v) is 14.5. The molecule has 2 unspecified atom stereocenters. The highest BCUT2D eigenvalue weighted by molar-refractivity contribution is 6.30. The summed E-state index contributed by atoms with van der Waals surface area (Å²) in [6, 6.07) is 3.53. The van der Waals surface area contributed by atoms with E-state index in [0.29, 0.717) is 6.42 Å². The van der Waals surface area contributed by atoms with Gasteiger partial charge in [-0.15, -0.1) is 0 Å². The lowest BCUT2D eigenvalue weighted by molar-refractivity contribution is -0.132. The molecule has 0 aliphatic carbocycles. The molecule has 1 amide bonds. The maximum Gasteiger partial charge on any atom is 0.390 e. The number of benzene rings is 1. The van der Waals surface area contributed by atoms with Gasteiger partial charge in [0, 0.05) is 18.2 Å². The number of hydrogen-bond donors (Lipinski definition) is 4. The summed E-state index contributed by atoms with van der Waals surface area (Å²) in [5.41, 5.74) is 5.74. The molecule has 1 aromatic carbocycles. The molecule has 144 valence electrons. The summed E-state index contributed by atoms with van der Waals surface area (Å²) in [6.07, 6.45) is -5.16. The third kappa shape index (κ3) is 6.43. The van der Waals surface area contributed by atoms with Crippen molar-refractivity contribution in [3.8, 4) is 0 Å². The van der Waals surface area contributed by atoms with E-state index >= 15 is 0 Å². The van der Waals surface area contributed by atoms with Crippen molar-refractivity contribution in [1.29, 1.82) is 0 Å². The number of nitrogens with one attached hydrogen (secondary N) is 4. The highest BCUT2D eigenvalue weighted by atomic mass is 35.5. The Morgan fingerprint density at radius 1 is 1.38 bits per heavy atom. The van der Waals surface area contributed by atoms with E-state index in [-0.39, 0.29) is 28.8 Å². The second-order valence-electron chi connectivity index (χ2n) is 5.81. The molecule has 1 aliphatic rings. The summed E-state index contributed by atoms with van der Waals surface area (Å²) in [5.74, 6) is -1.74. The molecule has 1 saturated heterocycles. The van der Waals surface area contributed by atoms with Gasteiger partial charge in [-0.1, -0.05) is 11.6 Å². The maximum absolute atomic E-state index is 13.5. The van der Waals surface area contributed by atoms with Crippen molar-refractivity contribution in [2.75, 3.05) is 6.54 Å². The van der Waals surface area contributed by atoms with Gasteiger partial charge in [0.2, 0.25) is 5.96 Å². The van der Waals surface area contributed by atoms with Crippen LogP contribution in [0.2, 0.25) is 5.02 Å². The van der Waals surface area contributed by atoms with E-state index in [0.717, 1.165) is 6.07 Å². The highest BCUT2D eigenvalue weighted by Gasteiger charge is 2.27. The molecule has 2 atom stereocenters. The largest absolute Gasteiger partial charge is 0.390 e. The third-order valence-electron chi connectivity index (χ3n) is 3.48. The average molecular weight is 396 g/mol. The average Bonchev–Trinajstić information content (AvgIpc) is 2.93. The molecule has 0 radical (unpaired) electrons. The Balaban J connectivity index is 2.10. The molecule has 2 rings (SSSR count). The van der Waals surface area contributed by atoms with Crippen LogP contribution >= 0.6 is 11.6 Å². The molecule has 0 aromatic heterocycles. The number of nitrogens with zero attached hydrogens (tertiary/aromatic N) is 1. The molecule has 0 saturated carbocycles. The van der Waals surface area contributed by atoms with Crippen molar-refractivity contribution in [2.45, 2.75) is 38.1 Å². The first-order chi connectivity index (χ1) is 12.1. The number of carbonyl (C=O) groups excluding carboxylic acids is 1. The molecule has 1 heterocycles. The van der Waals surface area contributed by atoms with Crippen molar-refractivity contribution < 1.29 is 22.4 Å². The van der Waals surface area contributed by atoms with Crippen LogP contribution in [0, 0.1) is 5.82 Å². The number of guanidine groups is 1. The van der Waals surface area contributed by atoms with E-state index < -0.39 is 30.9 Å². The number of halogens is 5. The summed E-state index contributed by atoms with van der Waals surface area (Å²) in [4.78, 5) is 15.9. The molecule has 4 N–H and O–H groups in total. The summed E-state index contributed by atoms with van der Waals surface area (Å²) in [6.45, 7) is 1.44. The van der Waals surface area contributed by atoms with Crippen molar-refractivity contribution in [1.82, 2.24) is 21.5 Å². The smallest absolute Gasteiger partial charge is 0.356 e. The van der Waals surface area contributed by atoms with Crippen molar-refractivity contribution >= 4 is 23.5 Å². The minimum absolute atomic E-state index is 0.0744. The van der Waals surface area contributed by atoms with Gasteiger partial charge in [-0.2, -0.15) is 18.2 Å². The van der Waals surface area contributed by atoms with Crippen LogP contribution in [0.3, 0.4) is 0 Å². The van der Waals surface area contributed by atoms with Gasteiger partial charge in [-0.3, -0.25) is 10.2 Å². The van der Waals surface area contributed by atoms with Gasteiger partial charge in [0.15, 0.2) is 0 Å². The van der Waals surface area contributed by atoms with E-state index in [2.05, 4.69) is 26.5 Å². The zero-order chi connectivity index (χ0) is 19.3. The van der Waals surface area contributed by atoms with Crippen LogP contribution in [0.15, 0.2) is 23.2 Å². The standard InChI is InChI=1S/C15H18ClF4N5O/c1-8-6-12(25-24-8)22-14(21-5-4-15(18,19)20)23-13(26)9-2-3-10(16)11(17)7-9/h2-3,7-8,12,24-25H,4-6H2,1H3,(H2,21,22,23,26). The Kier molecular flexibility index (Phi) is 6.79. The Morgan fingerprint density at radius 2 is 2.12 bits per heavy atom. The lowest BCUT2D eigenvalue weighted by atomic mass is 10.2. The third-order valence-corrected chi connectivity index (χ3v) is 3.79. The molecule has 6 nitrogen and oxygen atoms in total. The summed E-state index contributed by atoms with van der Waals surface area (Å²) >= 11 is 5.56. The first kappa shape index (κ1) is 20.4. The first-order valence-electron chi connectivity index (χ1n) is 7.80. The number of amides is 1. The van der Waals surface area contributed by atoms with Crippen LogP contribution < -0.4 is 21.5 Å². The number of alkyl halides is 3. The van der Waals surface area contributed by atoms with Gasteiger partial charge in [0.05, 0.1) is 17.6 Å². The normalized spacial score (nSPS) is 20.9. The van der Waals surface area contributed by atoms with Crippen molar-refractivity contribution in [2.24, 2.45) is 4.99 Å². The minimum Gasteiger partial charge on any atom is -0.356 e. The van der Waals surface area contributed by atoms with Crippen molar-refractivity contribution in [3.05, 3.63) is 34.6 Å². The summed E-state index contributed by atoms with van der Waals surface area (Å²) < 4.78 is 50.5. The minimum atomic E-state index is -4.34. The maximum atomic E-state index is 13.5. The van der Waals surface area contributed by atoms with Gasteiger partial charge < -0.3 is 10.6 Å². The lowest BCUT2D eigenvalue weighted by Crippen LogP contribution is -2.50. The second-order valence-corrected chi connectivity index (χ2v) is 6.22. The first-order valence-corrected chi connectivity index (χ1v) is 8.18. The Labute approximate surface area is 152 Å². The molecule has 1 aromatic rings. The topological polar surface area (TPSA) is 77.5 Å². The van der Waals surface area contributed by atoms with Crippen molar-refractivity contribution in [3.63, 3.8) is 0 Å². The SMILES string of the molecule is CC1CC(N/C(=N\C(=O)c2ccc(Cl)c(F)c2)NCCC(F)(F)F)NN1. The fourth-order valence-corrected chi connectivity index (χ4v) is 2.33. The predicted molar refractivity (Wildman–Crippen MR) is 89.1 cm³/mol. The molecule has 26 heavy (non-hydrogen) atoms. The van der Waals surface area contributed by atoms with E-state index in [1.165, 1.54) is 12.1 Å². The quantitative estimate of drug-likeness (QED) is 0.357. The molecule has 1 aliphatic heterocycles. The monoisotopic (exact) mass is 395 g/mol. The van der Waals surface area contributed by atoms with Gasteiger partial charge in [-0.25, -0.2) is 9.82 Å². The zero-order valence-electron chi connectivity index (χ0n) is 13.8. The number of rotatable bonds is 4. The molecule has 0 bridgehead atoms. The van der Waals surface area contributed by atoms with Gasteiger partial charge in [0.1, 0.15) is 5.82 Å². The second kappa shape index (κ2) is 8.65. The lowest BCUT2D eigenvalue weighted by Gasteiger charge is -2.17. The van der Waals surface area contributed by atoms with Crippen LogP contribution in [-0.4, -0.2) is 36.8 Å². The summed E-state index contributed by atoms with van der Waals surface area (Å²) in [7, 11) is 0. The molecule has 1 fully saturated rings. The van der Waals surface area contributed by atoms with Crippen LogP contribution in [0.1, 0.15) is 30.1 Å². The van der Waals surface area contributed by atoms with E-state index in [9.17, 15) is 22.4 Å².